The lowest BCUT2D eigenvalue weighted by molar-refractivity contribution is -0.127. The fraction of sp³-hybridized carbons (Fsp3) is 0.850. The van der Waals surface area contributed by atoms with Crippen LogP contribution in [0.25, 0.3) is 0 Å². The number of aliphatic hydroxyl groups is 2. The summed E-state index contributed by atoms with van der Waals surface area (Å²) in [5.74, 6) is -0.416. The van der Waals surface area contributed by atoms with Gasteiger partial charge in [0, 0.05) is 0 Å². The third-order valence-corrected chi connectivity index (χ3v) is 4.48. The Balaban J connectivity index is 3.48. The zero-order chi connectivity index (χ0) is 18.2. The molecule has 0 radical (unpaired) electrons. The van der Waals surface area contributed by atoms with E-state index in [1.165, 1.54) is 71.1 Å². The Kier molecular flexibility index (Phi) is 15.3. The van der Waals surface area contributed by atoms with Crippen LogP contribution in [-0.4, -0.2) is 34.2 Å². The zero-order valence-corrected chi connectivity index (χ0v) is 15.8. The van der Waals surface area contributed by atoms with E-state index in [0.29, 0.717) is 0 Å². The maximum atomic E-state index is 11.0. The van der Waals surface area contributed by atoms with Crippen molar-refractivity contribution in [3.63, 3.8) is 0 Å². The van der Waals surface area contributed by atoms with Crippen molar-refractivity contribution in [2.75, 3.05) is 0 Å². The van der Waals surface area contributed by atoms with E-state index >= 15 is 0 Å². The van der Waals surface area contributed by atoms with Crippen molar-refractivity contribution in [2.45, 2.75) is 109 Å². The van der Waals surface area contributed by atoms with Crippen molar-refractivity contribution in [2.24, 2.45) is 5.73 Å². The molecule has 0 rings (SSSR count). The molecule has 0 saturated heterocycles. The van der Waals surface area contributed by atoms with E-state index in [4.69, 9.17) is 5.73 Å². The van der Waals surface area contributed by atoms with Gasteiger partial charge in [0.1, 0.15) is 6.10 Å². The normalized spacial score (nSPS) is 15.5. The van der Waals surface area contributed by atoms with Crippen LogP contribution in [0.1, 0.15) is 90.9 Å². The zero-order valence-electron chi connectivity index (χ0n) is 15.8. The van der Waals surface area contributed by atoms with E-state index in [1.807, 2.05) is 6.08 Å². The molecule has 3 unspecified atom stereocenters. The minimum absolute atomic E-state index is 0.416. The van der Waals surface area contributed by atoms with Crippen molar-refractivity contribution < 1.29 is 15.0 Å². The maximum Gasteiger partial charge on any atom is 0.159 e. The summed E-state index contributed by atoms with van der Waals surface area (Å²) in [7, 11) is 0. The van der Waals surface area contributed by atoms with Crippen LogP contribution in [0.4, 0.5) is 0 Å². The average Bonchev–Trinajstić information content (AvgIpc) is 2.57. The molecule has 0 bridgehead atoms. The van der Waals surface area contributed by atoms with Crippen LogP contribution in [-0.2, 0) is 4.79 Å². The van der Waals surface area contributed by atoms with Gasteiger partial charge in [-0.2, -0.15) is 0 Å². The van der Waals surface area contributed by atoms with Crippen molar-refractivity contribution in [3.8, 4) is 0 Å². The number of allylic oxidation sites excluding steroid dienone is 1. The van der Waals surface area contributed by atoms with Gasteiger partial charge in [-0.25, -0.2) is 0 Å². The van der Waals surface area contributed by atoms with Gasteiger partial charge in [0.05, 0.1) is 12.1 Å². The molecule has 0 amide bonds. The first-order valence-corrected chi connectivity index (χ1v) is 9.79. The molecule has 0 fully saturated rings. The van der Waals surface area contributed by atoms with Gasteiger partial charge in [-0.1, -0.05) is 83.3 Å². The third-order valence-electron chi connectivity index (χ3n) is 4.48. The Morgan fingerprint density at radius 3 is 1.83 bits per heavy atom. The Morgan fingerprint density at radius 1 is 0.917 bits per heavy atom. The first kappa shape index (κ1) is 23.3. The molecule has 4 nitrogen and oxygen atoms in total. The molecule has 0 aliphatic heterocycles. The second kappa shape index (κ2) is 15.8. The van der Waals surface area contributed by atoms with E-state index in [0.717, 1.165) is 12.8 Å². The lowest BCUT2D eigenvalue weighted by Gasteiger charge is -2.19. The Labute approximate surface area is 148 Å². The fourth-order valence-electron chi connectivity index (χ4n) is 2.75. The second-order valence-electron chi connectivity index (χ2n) is 6.88. The van der Waals surface area contributed by atoms with Gasteiger partial charge in [-0.05, 0) is 19.8 Å². The predicted octanol–water partition coefficient (Wildman–Crippen LogP) is 3.88. The summed E-state index contributed by atoms with van der Waals surface area (Å²) in [6.45, 7) is 3.52. The van der Waals surface area contributed by atoms with Gasteiger partial charge < -0.3 is 15.9 Å². The molecule has 4 N–H and O–H groups in total. The van der Waals surface area contributed by atoms with Gasteiger partial charge in [-0.3, -0.25) is 4.79 Å². The molecule has 142 valence electrons. The molecule has 0 aliphatic carbocycles. The smallest absolute Gasteiger partial charge is 0.159 e. The molecule has 3 atom stereocenters. The quantitative estimate of drug-likeness (QED) is 0.294. The van der Waals surface area contributed by atoms with Gasteiger partial charge in [0.25, 0.3) is 0 Å². The minimum atomic E-state index is -1.30. The Bertz CT molecular complexity index is 331. The first-order valence-electron chi connectivity index (χ1n) is 9.79. The van der Waals surface area contributed by atoms with Crippen LogP contribution >= 0.6 is 0 Å². The molecule has 0 aromatic heterocycles. The molecule has 0 aliphatic rings. The highest BCUT2D eigenvalue weighted by molar-refractivity contribution is 5.81. The Hall–Kier alpha value is -0.710. The minimum Gasteiger partial charge on any atom is -0.387 e. The number of hydrogen-bond acceptors (Lipinski definition) is 4. The monoisotopic (exact) mass is 341 g/mol. The van der Waals surface area contributed by atoms with Crippen molar-refractivity contribution in [1.82, 2.24) is 0 Å². The number of aliphatic hydroxyl groups excluding tert-OH is 2. The molecule has 0 saturated carbocycles. The molecular formula is C20H39NO3. The van der Waals surface area contributed by atoms with Crippen molar-refractivity contribution >= 4 is 5.78 Å². The Morgan fingerprint density at radius 2 is 1.38 bits per heavy atom. The number of Topliss-reactive ketones (excluding diaryl/α,β-unsaturated/α-hetero) is 1. The summed E-state index contributed by atoms with van der Waals surface area (Å²) in [6, 6.07) is -0.948. The van der Waals surface area contributed by atoms with Gasteiger partial charge in [0.2, 0.25) is 0 Å². The highest BCUT2D eigenvalue weighted by Crippen LogP contribution is 2.12. The molecule has 0 aromatic carbocycles. The third kappa shape index (κ3) is 12.7. The van der Waals surface area contributed by atoms with Crippen LogP contribution in [0.3, 0.4) is 0 Å². The highest BCUT2D eigenvalue weighted by atomic mass is 16.3. The summed E-state index contributed by atoms with van der Waals surface area (Å²) in [4.78, 5) is 11.0. The summed E-state index contributed by atoms with van der Waals surface area (Å²) < 4.78 is 0. The molecule has 0 aromatic rings. The summed E-state index contributed by atoms with van der Waals surface area (Å²) >= 11 is 0. The number of unbranched alkanes of at least 4 members (excludes halogenated alkanes) is 11. The molecule has 0 heterocycles. The number of ketones is 1. The van der Waals surface area contributed by atoms with E-state index in [1.54, 1.807) is 6.08 Å². The van der Waals surface area contributed by atoms with E-state index in [9.17, 15) is 15.0 Å². The number of nitrogens with two attached hydrogens (primary N) is 1. The molecular weight excluding hydrogens is 302 g/mol. The molecule has 0 spiro atoms. The van der Waals surface area contributed by atoms with Gasteiger partial charge in [-0.15, -0.1) is 0 Å². The van der Waals surface area contributed by atoms with Gasteiger partial charge in [0.15, 0.2) is 5.78 Å². The maximum absolute atomic E-state index is 11.0. The summed E-state index contributed by atoms with van der Waals surface area (Å²) in [5.41, 5.74) is 5.64. The number of hydrogen-bond donors (Lipinski definition) is 3. The topological polar surface area (TPSA) is 83.6 Å². The number of carbonyl (C=O) groups excluding carboxylic acids is 1. The van der Waals surface area contributed by atoms with Gasteiger partial charge >= 0.3 is 0 Å². The number of carbonyl (C=O) groups is 1. The van der Waals surface area contributed by atoms with E-state index in [-0.39, 0.29) is 0 Å². The average molecular weight is 342 g/mol. The molecule has 24 heavy (non-hydrogen) atoms. The van der Waals surface area contributed by atoms with E-state index in [2.05, 4.69) is 6.92 Å². The standard InChI is InChI=1S/C20H39NO3/c1-3-4-5-6-7-8-9-10-11-12-13-14-15-16-18(23)19(21)20(24)17(2)22/h15-16,18-20,23-24H,3-14,21H2,1-2H3. The van der Waals surface area contributed by atoms with Crippen LogP contribution in [0.15, 0.2) is 12.2 Å². The molecule has 4 heteroatoms. The van der Waals surface area contributed by atoms with E-state index < -0.39 is 24.0 Å². The van der Waals surface area contributed by atoms with Crippen LogP contribution in [0, 0.1) is 0 Å². The SMILES string of the molecule is CCCCCCCCCCCCCC=CC(O)C(N)C(O)C(C)=O. The lowest BCUT2D eigenvalue weighted by Crippen LogP contribution is -2.47. The van der Waals surface area contributed by atoms with Crippen LogP contribution < -0.4 is 5.73 Å². The summed E-state index contributed by atoms with van der Waals surface area (Å²) in [5, 5.41) is 19.3. The first-order chi connectivity index (χ1) is 11.5. The largest absolute Gasteiger partial charge is 0.387 e. The lowest BCUT2D eigenvalue weighted by atomic mass is 10.0. The van der Waals surface area contributed by atoms with Crippen molar-refractivity contribution in [3.05, 3.63) is 12.2 Å². The predicted molar refractivity (Wildman–Crippen MR) is 101 cm³/mol. The fourth-order valence-corrected chi connectivity index (χ4v) is 2.75. The highest BCUT2D eigenvalue weighted by Gasteiger charge is 2.24. The number of rotatable bonds is 16. The van der Waals surface area contributed by atoms with Crippen molar-refractivity contribution in [1.29, 1.82) is 0 Å². The second-order valence-corrected chi connectivity index (χ2v) is 6.88. The van der Waals surface area contributed by atoms with Crippen LogP contribution in [0.2, 0.25) is 0 Å². The van der Waals surface area contributed by atoms with Crippen LogP contribution in [0.5, 0.6) is 0 Å². The summed E-state index contributed by atoms with van der Waals surface area (Å²) in [6.07, 6.45) is 16.6.